The summed E-state index contributed by atoms with van der Waals surface area (Å²) in [4.78, 5) is 8.06. The van der Waals surface area contributed by atoms with Crippen LogP contribution in [0.1, 0.15) is 17.0 Å². The molecule has 2 aromatic heterocycles. The SMILES string of the molecule is Cc1nc(C)c2cc3c(cc2c1C)[nH]c1ccc(O)cc13. The van der Waals surface area contributed by atoms with Gasteiger partial charge in [0.05, 0.1) is 0 Å². The number of aromatic amines is 1. The summed E-state index contributed by atoms with van der Waals surface area (Å²) >= 11 is 0. The van der Waals surface area contributed by atoms with E-state index >= 15 is 0 Å². The zero-order valence-corrected chi connectivity index (χ0v) is 12.3. The van der Waals surface area contributed by atoms with Gasteiger partial charge in [-0.15, -0.1) is 0 Å². The van der Waals surface area contributed by atoms with E-state index in [9.17, 15) is 5.11 Å². The topological polar surface area (TPSA) is 48.9 Å². The molecule has 104 valence electrons. The highest BCUT2D eigenvalue weighted by Crippen LogP contribution is 2.33. The summed E-state index contributed by atoms with van der Waals surface area (Å²) in [6.45, 7) is 6.21. The summed E-state index contributed by atoms with van der Waals surface area (Å²) in [6.07, 6.45) is 0. The van der Waals surface area contributed by atoms with Gasteiger partial charge in [-0.05, 0) is 62.1 Å². The molecular formula is C18H16N2O. The molecule has 0 spiro atoms. The number of nitrogens with one attached hydrogen (secondary N) is 1. The van der Waals surface area contributed by atoms with Crippen molar-refractivity contribution >= 4 is 32.6 Å². The van der Waals surface area contributed by atoms with Gasteiger partial charge in [0, 0.05) is 38.6 Å². The number of hydrogen-bond donors (Lipinski definition) is 2. The van der Waals surface area contributed by atoms with Gasteiger partial charge in [-0.25, -0.2) is 0 Å². The van der Waals surface area contributed by atoms with Crippen LogP contribution in [0.15, 0.2) is 30.3 Å². The Morgan fingerprint density at radius 3 is 2.38 bits per heavy atom. The number of phenols is 1. The molecule has 0 aliphatic heterocycles. The van der Waals surface area contributed by atoms with Gasteiger partial charge in [0.15, 0.2) is 0 Å². The second-order valence-corrected chi connectivity index (χ2v) is 5.71. The molecule has 0 fully saturated rings. The Balaban J connectivity index is 2.25. The third kappa shape index (κ3) is 1.64. The van der Waals surface area contributed by atoms with Crippen LogP contribution < -0.4 is 0 Å². The molecule has 0 radical (unpaired) electrons. The molecule has 0 amide bonds. The largest absolute Gasteiger partial charge is 0.508 e. The minimum atomic E-state index is 0.290. The smallest absolute Gasteiger partial charge is 0.116 e. The predicted octanol–water partition coefficient (Wildman–Crippen LogP) is 4.50. The van der Waals surface area contributed by atoms with Crippen LogP contribution in [-0.4, -0.2) is 15.1 Å². The molecule has 0 aliphatic rings. The van der Waals surface area contributed by atoms with E-state index in [0.29, 0.717) is 5.75 Å². The quantitative estimate of drug-likeness (QED) is 0.497. The maximum absolute atomic E-state index is 9.73. The van der Waals surface area contributed by atoms with Gasteiger partial charge in [0.1, 0.15) is 5.75 Å². The molecule has 0 bridgehead atoms. The number of nitrogens with zero attached hydrogens (tertiary/aromatic N) is 1. The first-order valence-corrected chi connectivity index (χ1v) is 7.06. The van der Waals surface area contributed by atoms with Crippen LogP contribution in [0.4, 0.5) is 0 Å². The van der Waals surface area contributed by atoms with Crippen molar-refractivity contribution < 1.29 is 5.11 Å². The van der Waals surface area contributed by atoms with E-state index in [0.717, 1.165) is 33.2 Å². The van der Waals surface area contributed by atoms with Gasteiger partial charge in [-0.3, -0.25) is 4.98 Å². The van der Waals surface area contributed by atoms with Gasteiger partial charge in [0.25, 0.3) is 0 Å². The molecule has 2 N–H and O–H groups in total. The zero-order valence-electron chi connectivity index (χ0n) is 12.3. The van der Waals surface area contributed by atoms with Gasteiger partial charge in [-0.1, -0.05) is 0 Å². The number of aromatic nitrogens is 2. The van der Waals surface area contributed by atoms with Crippen LogP contribution in [-0.2, 0) is 0 Å². The predicted molar refractivity (Wildman–Crippen MR) is 87.0 cm³/mol. The normalized spacial score (nSPS) is 11.8. The van der Waals surface area contributed by atoms with Gasteiger partial charge in [0.2, 0.25) is 0 Å². The highest BCUT2D eigenvalue weighted by molar-refractivity contribution is 6.13. The minimum absolute atomic E-state index is 0.290. The van der Waals surface area contributed by atoms with Crippen LogP contribution in [0.2, 0.25) is 0 Å². The number of phenolic OH excluding ortho intramolecular Hbond substituents is 1. The van der Waals surface area contributed by atoms with Crippen LogP contribution in [0, 0.1) is 20.8 Å². The van der Waals surface area contributed by atoms with E-state index < -0.39 is 0 Å². The number of fused-ring (bicyclic) bond motifs is 4. The maximum atomic E-state index is 9.73. The molecule has 3 heteroatoms. The van der Waals surface area contributed by atoms with Gasteiger partial charge in [-0.2, -0.15) is 0 Å². The molecule has 0 unspecified atom stereocenters. The molecule has 4 aromatic rings. The lowest BCUT2D eigenvalue weighted by Gasteiger charge is -2.08. The third-order valence-corrected chi connectivity index (χ3v) is 4.39. The first-order chi connectivity index (χ1) is 10.0. The fraction of sp³-hybridized carbons (Fsp3) is 0.167. The molecule has 3 nitrogen and oxygen atoms in total. The van der Waals surface area contributed by atoms with Crippen molar-refractivity contribution in [1.29, 1.82) is 0 Å². The summed E-state index contributed by atoms with van der Waals surface area (Å²) in [5, 5.41) is 14.3. The lowest BCUT2D eigenvalue weighted by Crippen LogP contribution is -1.93. The fourth-order valence-electron chi connectivity index (χ4n) is 3.14. The number of aromatic hydroxyl groups is 1. The summed E-state index contributed by atoms with van der Waals surface area (Å²) in [7, 11) is 0. The molecular weight excluding hydrogens is 260 g/mol. The number of benzene rings is 2. The molecule has 0 saturated heterocycles. The number of pyridine rings is 1. The van der Waals surface area contributed by atoms with Crippen molar-refractivity contribution in [3.8, 4) is 5.75 Å². The Morgan fingerprint density at radius 1 is 0.810 bits per heavy atom. The molecule has 2 aromatic carbocycles. The highest BCUT2D eigenvalue weighted by Gasteiger charge is 2.11. The van der Waals surface area contributed by atoms with Crippen LogP contribution in [0.3, 0.4) is 0 Å². The second-order valence-electron chi connectivity index (χ2n) is 5.71. The number of aryl methyl sites for hydroxylation is 3. The Bertz CT molecular complexity index is 1030. The Hall–Kier alpha value is -2.55. The van der Waals surface area contributed by atoms with Crippen molar-refractivity contribution in [2.24, 2.45) is 0 Å². The average molecular weight is 276 g/mol. The monoisotopic (exact) mass is 276 g/mol. The van der Waals surface area contributed by atoms with Crippen molar-refractivity contribution in [2.45, 2.75) is 20.8 Å². The van der Waals surface area contributed by atoms with E-state index in [1.165, 1.54) is 16.3 Å². The van der Waals surface area contributed by atoms with Crippen LogP contribution in [0.5, 0.6) is 5.75 Å². The van der Waals surface area contributed by atoms with E-state index in [2.05, 4.69) is 35.9 Å². The summed E-state index contributed by atoms with van der Waals surface area (Å²) < 4.78 is 0. The number of H-pyrrole nitrogens is 1. The number of rotatable bonds is 0. The fourth-order valence-corrected chi connectivity index (χ4v) is 3.14. The Kier molecular flexibility index (Phi) is 2.31. The standard InChI is InChI=1S/C18H16N2O/c1-9-10(2)19-11(3)14-7-16-15-6-12(21)4-5-17(15)20-18(16)8-13(9)14/h4-8,20-21H,1-3H3. The Labute approximate surface area is 122 Å². The molecule has 2 heterocycles. The zero-order chi connectivity index (χ0) is 14.7. The van der Waals surface area contributed by atoms with Gasteiger partial charge < -0.3 is 10.1 Å². The van der Waals surface area contributed by atoms with Crippen molar-refractivity contribution in [1.82, 2.24) is 9.97 Å². The van der Waals surface area contributed by atoms with E-state index in [4.69, 9.17) is 0 Å². The summed E-state index contributed by atoms with van der Waals surface area (Å²) in [5.74, 6) is 0.290. The van der Waals surface area contributed by atoms with Crippen molar-refractivity contribution in [3.05, 3.63) is 47.3 Å². The molecule has 21 heavy (non-hydrogen) atoms. The van der Waals surface area contributed by atoms with Crippen LogP contribution in [0.25, 0.3) is 32.6 Å². The first-order valence-electron chi connectivity index (χ1n) is 7.06. The third-order valence-electron chi connectivity index (χ3n) is 4.39. The summed E-state index contributed by atoms with van der Waals surface area (Å²) in [5.41, 5.74) is 5.48. The molecule has 0 aliphatic carbocycles. The van der Waals surface area contributed by atoms with Crippen molar-refractivity contribution in [3.63, 3.8) is 0 Å². The summed E-state index contributed by atoms with van der Waals surface area (Å²) in [6, 6.07) is 9.80. The molecule has 4 rings (SSSR count). The average Bonchev–Trinajstić information content (AvgIpc) is 2.80. The minimum Gasteiger partial charge on any atom is -0.508 e. The highest BCUT2D eigenvalue weighted by atomic mass is 16.3. The first kappa shape index (κ1) is 12.2. The van der Waals surface area contributed by atoms with E-state index in [-0.39, 0.29) is 0 Å². The Morgan fingerprint density at radius 2 is 1.57 bits per heavy atom. The van der Waals surface area contributed by atoms with Gasteiger partial charge >= 0.3 is 0 Å². The van der Waals surface area contributed by atoms with E-state index in [1.54, 1.807) is 6.07 Å². The second kappa shape index (κ2) is 3.98. The number of hydrogen-bond acceptors (Lipinski definition) is 2. The van der Waals surface area contributed by atoms with Crippen LogP contribution >= 0.6 is 0 Å². The van der Waals surface area contributed by atoms with Crippen molar-refractivity contribution in [2.75, 3.05) is 0 Å². The molecule has 0 atom stereocenters. The lowest BCUT2D eigenvalue weighted by atomic mass is 10.0. The van der Waals surface area contributed by atoms with E-state index in [1.807, 2.05) is 19.1 Å². The maximum Gasteiger partial charge on any atom is 0.116 e. The molecule has 0 saturated carbocycles. The lowest BCUT2D eigenvalue weighted by molar-refractivity contribution is 0.476.